The van der Waals surface area contributed by atoms with Crippen molar-refractivity contribution in [3.63, 3.8) is 0 Å². The summed E-state index contributed by atoms with van der Waals surface area (Å²) < 4.78 is 40.7. The van der Waals surface area contributed by atoms with Crippen molar-refractivity contribution in [3.05, 3.63) is 39.5 Å². The van der Waals surface area contributed by atoms with Crippen LogP contribution < -0.4 is 9.54 Å². The normalized spacial score (nSPS) is 17.6. The van der Waals surface area contributed by atoms with Gasteiger partial charge in [-0.3, -0.25) is 9.59 Å². The van der Waals surface area contributed by atoms with Crippen molar-refractivity contribution in [1.82, 2.24) is 8.87 Å². The maximum atomic E-state index is 13.2. The number of sulfonamides is 1. The number of amides is 1. The standard InChI is InChI=1S/C22H24ClN3O6S3/c1-3-32-15-6-7-16-17(11-15)33-22(26(16)13-19(27)31-2)24-21(28)14-5-4-10-25(12-14)35(29,30)20-9-8-18(23)34-20/h6-9,11,14H,3-5,10,12-13H2,1-2H3. The van der Waals surface area contributed by atoms with E-state index in [2.05, 4.69) is 4.99 Å². The fourth-order valence-corrected chi connectivity index (χ4v) is 8.08. The van der Waals surface area contributed by atoms with E-state index in [0.29, 0.717) is 40.9 Å². The molecular formula is C22H24ClN3O6S3. The number of benzene rings is 1. The zero-order valence-electron chi connectivity index (χ0n) is 19.1. The van der Waals surface area contributed by atoms with Gasteiger partial charge in [0.25, 0.3) is 15.9 Å². The summed E-state index contributed by atoms with van der Waals surface area (Å²) in [6.45, 7) is 2.65. The summed E-state index contributed by atoms with van der Waals surface area (Å²) in [6.07, 6.45) is 1.06. The Morgan fingerprint density at radius 1 is 1.23 bits per heavy atom. The van der Waals surface area contributed by atoms with Gasteiger partial charge in [-0.1, -0.05) is 22.9 Å². The van der Waals surface area contributed by atoms with Crippen LogP contribution in [0.5, 0.6) is 5.75 Å². The lowest BCUT2D eigenvalue weighted by Crippen LogP contribution is -2.42. The van der Waals surface area contributed by atoms with Gasteiger partial charge in [0.05, 0.1) is 34.2 Å². The van der Waals surface area contributed by atoms with Gasteiger partial charge in [0.15, 0.2) is 4.80 Å². The Labute approximate surface area is 215 Å². The van der Waals surface area contributed by atoms with Crippen LogP contribution in [0, 0.1) is 5.92 Å². The summed E-state index contributed by atoms with van der Waals surface area (Å²) in [6, 6.07) is 8.45. The van der Waals surface area contributed by atoms with E-state index in [4.69, 9.17) is 21.1 Å². The predicted octanol–water partition coefficient (Wildman–Crippen LogP) is 3.52. The number of rotatable bonds is 7. The monoisotopic (exact) mass is 557 g/mol. The van der Waals surface area contributed by atoms with Crippen molar-refractivity contribution in [1.29, 1.82) is 0 Å². The van der Waals surface area contributed by atoms with E-state index < -0.39 is 27.8 Å². The average molecular weight is 558 g/mol. The van der Waals surface area contributed by atoms with Gasteiger partial charge in [-0.25, -0.2) is 8.42 Å². The SMILES string of the molecule is CCOc1ccc2c(c1)sc(=NC(=O)C1CCCN(S(=O)(=O)c3ccc(Cl)s3)C1)n2CC(=O)OC. The van der Waals surface area contributed by atoms with Gasteiger partial charge < -0.3 is 14.0 Å². The molecule has 0 N–H and O–H groups in total. The molecule has 1 saturated heterocycles. The van der Waals surface area contributed by atoms with E-state index in [1.165, 1.54) is 28.8 Å². The minimum atomic E-state index is -3.74. The van der Waals surface area contributed by atoms with Crippen LogP contribution in [-0.4, -0.2) is 56.0 Å². The smallest absolute Gasteiger partial charge is 0.325 e. The molecule has 1 fully saturated rings. The highest BCUT2D eigenvalue weighted by Gasteiger charge is 2.34. The largest absolute Gasteiger partial charge is 0.494 e. The van der Waals surface area contributed by atoms with Gasteiger partial charge in [0.2, 0.25) is 0 Å². The first-order valence-electron chi connectivity index (χ1n) is 10.9. The van der Waals surface area contributed by atoms with E-state index in [1.54, 1.807) is 16.7 Å². The summed E-state index contributed by atoms with van der Waals surface area (Å²) in [5, 5.41) is 0. The van der Waals surface area contributed by atoms with E-state index in [0.717, 1.165) is 21.6 Å². The third-order valence-corrected chi connectivity index (χ3v) is 10.2. The number of ether oxygens (including phenoxy) is 2. The molecule has 9 nitrogen and oxygen atoms in total. The van der Waals surface area contributed by atoms with Crippen LogP contribution in [-0.2, 0) is 30.9 Å². The van der Waals surface area contributed by atoms with Gasteiger partial charge in [-0.05, 0) is 50.1 Å². The van der Waals surface area contributed by atoms with Crippen LogP contribution in [0.4, 0.5) is 0 Å². The fourth-order valence-electron chi connectivity index (χ4n) is 3.85. The maximum absolute atomic E-state index is 13.2. The summed E-state index contributed by atoms with van der Waals surface area (Å²) in [5.41, 5.74) is 0.720. The lowest BCUT2D eigenvalue weighted by atomic mass is 9.99. The highest BCUT2D eigenvalue weighted by molar-refractivity contribution is 7.91. The number of halogens is 1. The molecule has 2 aromatic heterocycles. The van der Waals surface area contributed by atoms with Crippen LogP contribution in [0.2, 0.25) is 4.34 Å². The molecule has 1 aliphatic rings. The number of fused-ring (bicyclic) bond motifs is 1. The fraction of sp³-hybridized carbons (Fsp3) is 0.409. The lowest BCUT2D eigenvalue weighted by molar-refractivity contribution is -0.141. The van der Waals surface area contributed by atoms with Crippen molar-refractivity contribution >= 4 is 66.4 Å². The first-order valence-corrected chi connectivity index (χ1v) is 14.3. The molecule has 1 amide bonds. The van der Waals surface area contributed by atoms with Crippen molar-refractivity contribution in [2.75, 3.05) is 26.8 Å². The second kappa shape index (κ2) is 10.8. The molecule has 1 aromatic carbocycles. The highest BCUT2D eigenvalue weighted by atomic mass is 35.5. The van der Waals surface area contributed by atoms with Gasteiger partial charge in [0, 0.05) is 13.1 Å². The number of piperidine rings is 1. The number of hydrogen-bond acceptors (Lipinski definition) is 8. The van der Waals surface area contributed by atoms with Crippen LogP contribution in [0.1, 0.15) is 19.8 Å². The molecule has 1 atom stereocenters. The van der Waals surface area contributed by atoms with Crippen molar-refractivity contribution in [2.45, 2.75) is 30.5 Å². The van der Waals surface area contributed by atoms with Gasteiger partial charge >= 0.3 is 5.97 Å². The van der Waals surface area contributed by atoms with Gasteiger partial charge in [0.1, 0.15) is 16.5 Å². The molecule has 0 aliphatic carbocycles. The van der Waals surface area contributed by atoms with Crippen LogP contribution in [0.15, 0.2) is 39.5 Å². The summed E-state index contributed by atoms with van der Waals surface area (Å²) in [7, 11) is -2.45. The highest BCUT2D eigenvalue weighted by Crippen LogP contribution is 2.31. The summed E-state index contributed by atoms with van der Waals surface area (Å²) >= 11 is 8.17. The van der Waals surface area contributed by atoms with E-state index >= 15 is 0 Å². The summed E-state index contributed by atoms with van der Waals surface area (Å²) in [5.74, 6) is -0.822. The van der Waals surface area contributed by atoms with Crippen molar-refractivity contribution < 1.29 is 27.5 Å². The molecule has 0 spiro atoms. The number of thiophene rings is 1. The zero-order chi connectivity index (χ0) is 25.2. The first kappa shape index (κ1) is 25.8. The molecule has 188 valence electrons. The molecule has 0 saturated carbocycles. The molecular weight excluding hydrogens is 534 g/mol. The molecule has 3 aromatic rings. The summed E-state index contributed by atoms with van der Waals surface area (Å²) in [4.78, 5) is 29.9. The molecule has 0 bridgehead atoms. The Kier molecular flexibility index (Phi) is 7.96. The predicted molar refractivity (Wildman–Crippen MR) is 134 cm³/mol. The number of hydrogen-bond donors (Lipinski definition) is 0. The molecule has 3 heterocycles. The number of methoxy groups -OCH3 is 1. The molecule has 1 aliphatic heterocycles. The Hall–Kier alpha value is -2.25. The number of esters is 1. The van der Waals surface area contributed by atoms with Crippen LogP contribution in [0.3, 0.4) is 0 Å². The second-order valence-corrected chi connectivity index (χ2v) is 12.7. The molecule has 1 unspecified atom stereocenters. The Morgan fingerprint density at radius 3 is 2.71 bits per heavy atom. The molecule has 4 rings (SSSR count). The van der Waals surface area contributed by atoms with Crippen LogP contribution in [0.25, 0.3) is 10.2 Å². The number of nitrogens with zero attached hydrogens (tertiary/aromatic N) is 3. The lowest BCUT2D eigenvalue weighted by Gasteiger charge is -2.29. The maximum Gasteiger partial charge on any atom is 0.325 e. The van der Waals surface area contributed by atoms with Crippen molar-refractivity contribution in [3.8, 4) is 5.75 Å². The van der Waals surface area contributed by atoms with E-state index in [-0.39, 0.29) is 17.3 Å². The third-order valence-electron chi connectivity index (χ3n) is 5.56. The first-order chi connectivity index (χ1) is 16.7. The Bertz CT molecular complexity index is 1430. The van der Waals surface area contributed by atoms with E-state index in [9.17, 15) is 18.0 Å². The van der Waals surface area contributed by atoms with Gasteiger partial charge in [-0.15, -0.1) is 11.3 Å². The van der Waals surface area contributed by atoms with Gasteiger partial charge in [-0.2, -0.15) is 9.30 Å². The number of carbonyl (C=O) groups excluding carboxylic acids is 2. The quantitative estimate of drug-likeness (QED) is 0.411. The Balaban J connectivity index is 1.65. The minimum absolute atomic E-state index is 0.0383. The van der Waals surface area contributed by atoms with Crippen LogP contribution >= 0.6 is 34.3 Å². The number of carbonyl (C=O) groups is 2. The van der Waals surface area contributed by atoms with E-state index in [1.807, 2.05) is 19.1 Å². The Morgan fingerprint density at radius 2 is 2.03 bits per heavy atom. The number of aromatic nitrogens is 1. The minimum Gasteiger partial charge on any atom is -0.494 e. The molecule has 35 heavy (non-hydrogen) atoms. The van der Waals surface area contributed by atoms with Crippen molar-refractivity contribution in [2.24, 2.45) is 10.9 Å². The zero-order valence-corrected chi connectivity index (χ0v) is 22.3. The average Bonchev–Trinajstić information content (AvgIpc) is 3.43. The number of thiazole rings is 1. The molecule has 13 heteroatoms. The topological polar surface area (TPSA) is 107 Å². The third kappa shape index (κ3) is 5.61. The molecule has 0 radical (unpaired) electrons. The second-order valence-electron chi connectivity index (χ2n) is 7.82.